The number of sulfone groups is 1. The standard InChI is InChI=1S/C27H31ClN4O2S2/c1-30(2)15-8-16-31(3)19-21-18-25(32(29-21)24-12-6-5-11-23(24)28)27-14-13-26(35-27)20-9-7-10-22(17-20)36(4,33)34/h5-7,9-14,17-18H,8,15-16,19H2,1-4H3. The average molecular weight is 543 g/mol. The maximum Gasteiger partial charge on any atom is 0.175 e. The zero-order chi connectivity index (χ0) is 25.9. The van der Waals surface area contributed by atoms with Gasteiger partial charge in [-0.25, -0.2) is 13.1 Å². The fraction of sp³-hybridized carbons (Fsp3) is 0.296. The van der Waals surface area contributed by atoms with Crippen molar-refractivity contribution in [2.24, 2.45) is 0 Å². The highest BCUT2D eigenvalue weighted by molar-refractivity contribution is 7.90. The Kier molecular flexibility index (Phi) is 8.32. The third kappa shape index (κ3) is 6.44. The summed E-state index contributed by atoms with van der Waals surface area (Å²) < 4.78 is 26.0. The quantitative estimate of drug-likeness (QED) is 0.257. The molecule has 0 aliphatic heterocycles. The van der Waals surface area contributed by atoms with Gasteiger partial charge in [-0.3, -0.25) is 0 Å². The van der Waals surface area contributed by atoms with Crippen molar-refractivity contribution in [2.75, 3.05) is 40.5 Å². The zero-order valence-electron chi connectivity index (χ0n) is 21.0. The van der Waals surface area contributed by atoms with E-state index in [-0.39, 0.29) is 0 Å². The van der Waals surface area contributed by atoms with Crippen molar-refractivity contribution >= 4 is 32.8 Å². The lowest BCUT2D eigenvalue weighted by molar-refractivity contribution is 0.291. The van der Waals surface area contributed by atoms with Crippen molar-refractivity contribution < 1.29 is 8.42 Å². The van der Waals surface area contributed by atoms with Gasteiger partial charge in [-0.15, -0.1) is 11.3 Å². The van der Waals surface area contributed by atoms with Gasteiger partial charge < -0.3 is 9.80 Å². The molecule has 0 saturated heterocycles. The van der Waals surface area contributed by atoms with E-state index < -0.39 is 9.84 Å². The molecule has 0 unspecified atom stereocenters. The average Bonchev–Trinajstić information content (AvgIpc) is 3.46. The van der Waals surface area contributed by atoms with E-state index in [1.54, 1.807) is 29.5 Å². The molecule has 9 heteroatoms. The molecule has 0 N–H and O–H groups in total. The predicted molar refractivity (Wildman–Crippen MR) is 150 cm³/mol. The van der Waals surface area contributed by atoms with Crippen molar-refractivity contribution in [3.63, 3.8) is 0 Å². The summed E-state index contributed by atoms with van der Waals surface area (Å²) in [4.78, 5) is 6.81. The van der Waals surface area contributed by atoms with Crippen molar-refractivity contribution in [3.05, 3.63) is 77.4 Å². The lowest BCUT2D eigenvalue weighted by Crippen LogP contribution is -2.23. The third-order valence-corrected chi connectivity index (χ3v) is 8.41. The first kappa shape index (κ1) is 26.6. The van der Waals surface area contributed by atoms with Gasteiger partial charge in [0.1, 0.15) is 0 Å². The maximum absolute atomic E-state index is 12.0. The van der Waals surface area contributed by atoms with E-state index in [2.05, 4.69) is 43.1 Å². The molecule has 0 saturated carbocycles. The summed E-state index contributed by atoms with van der Waals surface area (Å²) in [5, 5.41) is 5.57. The molecule has 4 rings (SSSR count). The minimum atomic E-state index is -3.28. The van der Waals surface area contributed by atoms with Crippen LogP contribution in [0.15, 0.2) is 71.6 Å². The highest BCUT2D eigenvalue weighted by atomic mass is 35.5. The first-order valence-corrected chi connectivity index (χ1v) is 14.8. The van der Waals surface area contributed by atoms with Crippen LogP contribution in [0.4, 0.5) is 0 Å². The van der Waals surface area contributed by atoms with Gasteiger partial charge in [-0.1, -0.05) is 35.9 Å². The molecule has 2 aromatic carbocycles. The molecule has 0 aliphatic rings. The van der Waals surface area contributed by atoms with E-state index in [1.165, 1.54) is 6.26 Å². The van der Waals surface area contributed by atoms with Gasteiger partial charge in [0.05, 0.1) is 31.9 Å². The van der Waals surface area contributed by atoms with E-state index in [0.29, 0.717) is 9.92 Å². The summed E-state index contributed by atoms with van der Waals surface area (Å²) in [6, 6.07) is 21.0. The number of para-hydroxylation sites is 1. The molecular weight excluding hydrogens is 512 g/mol. The number of aromatic nitrogens is 2. The Balaban J connectivity index is 1.68. The summed E-state index contributed by atoms with van der Waals surface area (Å²) in [6.45, 7) is 2.75. The number of hydrogen-bond acceptors (Lipinski definition) is 6. The number of rotatable bonds is 10. The number of hydrogen-bond donors (Lipinski definition) is 0. The highest BCUT2D eigenvalue weighted by Gasteiger charge is 2.17. The van der Waals surface area contributed by atoms with Gasteiger partial charge in [0.25, 0.3) is 0 Å². The Bertz CT molecular complexity index is 1440. The highest BCUT2D eigenvalue weighted by Crippen LogP contribution is 2.37. The van der Waals surface area contributed by atoms with Crippen LogP contribution in [-0.2, 0) is 16.4 Å². The van der Waals surface area contributed by atoms with Gasteiger partial charge in [-0.05, 0) is 88.7 Å². The van der Waals surface area contributed by atoms with E-state index in [4.69, 9.17) is 16.7 Å². The Labute approximate surface area is 222 Å². The van der Waals surface area contributed by atoms with Crippen molar-refractivity contribution in [1.29, 1.82) is 0 Å². The zero-order valence-corrected chi connectivity index (χ0v) is 23.4. The lowest BCUT2D eigenvalue weighted by Gasteiger charge is -2.16. The number of nitrogens with zero attached hydrogens (tertiary/aromatic N) is 4. The second kappa shape index (κ2) is 11.3. The SMILES string of the molecule is CN(C)CCCN(C)Cc1cc(-c2ccc(-c3cccc(S(C)(=O)=O)c3)s2)n(-c2ccccc2Cl)n1. The fourth-order valence-electron chi connectivity index (χ4n) is 4.01. The van der Waals surface area contributed by atoms with E-state index >= 15 is 0 Å². The number of halogens is 1. The van der Waals surface area contributed by atoms with Crippen LogP contribution < -0.4 is 0 Å². The molecule has 2 aromatic heterocycles. The van der Waals surface area contributed by atoms with Crippen LogP contribution in [0.2, 0.25) is 5.02 Å². The van der Waals surface area contributed by atoms with Crippen LogP contribution in [0.5, 0.6) is 0 Å². The van der Waals surface area contributed by atoms with Gasteiger partial charge in [0.2, 0.25) is 0 Å². The number of benzene rings is 2. The first-order valence-electron chi connectivity index (χ1n) is 11.7. The second-order valence-corrected chi connectivity index (χ2v) is 12.7. The molecule has 0 amide bonds. The Morgan fingerprint density at radius 3 is 2.42 bits per heavy atom. The van der Waals surface area contributed by atoms with E-state index in [9.17, 15) is 8.42 Å². The molecule has 190 valence electrons. The third-order valence-electron chi connectivity index (χ3n) is 5.82. The van der Waals surface area contributed by atoms with Crippen LogP contribution in [-0.4, -0.2) is 68.5 Å². The summed E-state index contributed by atoms with van der Waals surface area (Å²) in [6.07, 6.45) is 2.32. The van der Waals surface area contributed by atoms with Crippen molar-refractivity contribution in [1.82, 2.24) is 19.6 Å². The summed E-state index contributed by atoms with van der Waals surface area (Å²) in [5.41, 5.74) is 3.62. The Hall–Kier alpha value is -2.49. The van der Waals surface area contributed by atoms with Gasteiger partial charge in [-0.2, -0.15) is 5.10 Å². The topological polar surface area (TPSA) is 58.4 Å². The number of thiophene rings is 1. The molecule has 36 heavy (non-hydrogen) atoms. The van der Waals surface area contributed by atoms with E-state index in [0.717, 1.165) is 58.4 Å². The fourth-order valence-corrected chi connectivity index (χ4v) is 5.90. The Morgan fingerprint density at radius 2 is 1.69 bits per heavy atom. The van der Waals surface area contributed by atoms with Crippen LogP contribution in [0.1, 0.15) is 12.1 Å². The molecule has 4 aromatic rings. The molecule has 6 nitrogen and oxygen atoms in total. The van der Waals surface area contributed by atoms with Gasteiger partial charge in [0.15, 0.2) is 9.84 Å². The normalized spacial score (nSPS) is 12.1. The molecule has 0 bridgehead atoms. The molecule has 0 radical (unpaired) electrons. The van der Waals surface area contributed by atoms with Crippen LogP contribution in [0.25, 0.3) is 26.7 Å². The molecule has 2 heterocycles. The Morgan fingerprint density at radius 1 is 0.944 bits per heavy atom. The maximum atomic E-state index is 12.0. The molecule has 0 fully saturated rings. The monoisotopic (exact) mass is 542 g/mol. The summed E-state index contributed by atoms with van der Waals surface area (Å²) in [5.74, 6) is 0. The van der Waals surface area contributed by atoms with E-state index in [1.807, 2.05) is 41.1 Å². The summed E-state index contributed by atoms with van der Waals surface area (Å²) in [7, 11) is 3.01. The largest absolute Gasteiger partial charge is 0.309 e. The first-order chi connectivity index (χ1) is 17.1. The van der Waals surface area contributed by atoms with Gasteiger partial charge in [0, 0.05) is 17.7 Å². The van der Waals surface area contributed by atoms with Crippen molar-refractivity contribution in [3.8, 4) is 26.7 Å². The second-order valence-electron chi connectivity index (χ2n) is 9.24. The molecule has 0 atom stereocenters. The van der Waals surface area contributed by atoms with Crippen LogP contribution >= 0.6 is 22.9 Å². The molecular formula is C27H31ClN4O2S2. The minimum absolute atomic E-state index is 0.315. The predicted octanol–water partition coefficient (Wildman–Crippen LogP) is 5.71. The van der Waals surface area contributed by atoms with Crippen LogP contribution in [0.3, 0.4) is 0 Å². The lowest BCUT2D eigenvalue weighted by atomic mass is 10.2. The van der Waals surface area contributed by atoms with Crippen molar-refractivity contribution in [2.45, 2.75) is 17.9 Å². The van der Waals surface area contributed by atoms with Crippen LogP contribution in [0, 0.1) is 0 Å². The smallest absolute Gasteiger partial charge is 0.175 e. The minimum Gasteiger partial charge on any atom is -0.309 e. The summed E-state index contributed by atoms with van der Waals surface area (Å²) >= 11 is 8.17. The van der Waals surface area contributed by atoms with Gasteiger partial charge >= 0.3 is 0 Å². The molecule has 0 spiro atoms. The molecule has 0 aliphatic carbocycles.